The lowest BCUT2D eigenvalue weighted by Crippen LogP contribution is -2.42. The van der Waals surface area contributed by atoms with Crippen LogP contribution >= 0.6 is 0 Å². The van der Waals surface area contributed by atoms with Gasteiger partial charge in [-0.05, 0) is 29.0 Å². The minimum Gasteiger partial charge on any atom is -0.466 e. The quantitative estimate of drug-likeness (QED) is 0.349. The molecule has 0 aliphatic heterocycles. The van der Waals surface area contributed by atoms with Gasteiger partial charge in [0.25, 0.3) is 0 Å². The summed E-state index contributed by atoms with van der Waals surface area (Å²) in [6.45, 7) is 4.97. The van der Waals surface area contributed by atoms with Gasteiger partial charge in [0.05, 0.1) is 12.6 Å². The highest BCUT2D eigenvalue weighted by molar-refractivity contribution is 5.84. The number of ketones is 1. The fourth-order valence-corrected chi connectivity index (χ4v) is 3.99. The molecule has 0 aromatic heterocycles. The summed E-state index contributed by atoms with van der Waals surface area (Å²) in [6, 6.07) is 30.4. The molecule has 0 radical (unpaired) electrons. The van der Waals surface area contributed by atoms with Gasteiger partial charge in [0.1, 0.15) is 0 Å². The van der Waals surface area contributed by atoms with Crippen molar-refractivity contribution in [3.63, 3.8) is 0 Å². The third kappa shape index (κ3) is 8.32. The molecule has 4 heteroatoms. The Morgan fingerprint density at radius 3 is 1.67 bits per heavy atom. The van der Waals surface area contributed by atoms with Crippen LogP contribution in [0.3, 0.4) is 0 Å². The first-order valence-electron chi connectivity index (χ1n) is 11.5. The van der Waals surface area contributed by atoms with E-state index in [1.807, 2.05) is 61.5 Å². The second-order valence-electron chi connectivity index (χ2n) is 8.66. The van der Waals surface area contributed by atoms with Crippen LogP contribution < -0.4 is 0 Å². The van der Waals surface area contributed by atoms with Crippen LogP contribution in [0.15, 0.2) is 91.0 Å². The van der Waals surface area contributed by atoms with Crippen LogP contribution in [0.25, 0.3) is 0 Å². The number of ether oxygens (including phenoxy) is 1. The Morgan fingerprint density at radius 1 is 0.758 bits per heavy atom. The Labute approximate surface area is 197 Å². The van der Waals surface area contributed by atoms with Gasteiger partial charge in [-0.15, -0.1) is 0 Å². The Morgan fingerprint density at radius 2 is 1.21 bits per heavy atom. The number of rotatable bonds is 12. The summed E-state index contributed by atoms with van der Waals surface area (Å²) in [7, 11) is 0. The number of Topliss-reactive ketones (excluding diaryl/α,β-unsaturated/α-hetero) is 1. The number of carbonyl (C=O) groups excluding carboxylic acids is 2. The normalized spacial score (nSPS) is 12.8. The van der Waals surface area contributed by atoms with Gasteiger partial charge < -0.3 is 4.74 Å². The van der Waals surface area contributed by atoms with Gasteiger partial charge in [-0.3, -0.25) is 14.5 Å². The topological polar surface area (TPSA) is 46.6 Å². The first kappa shape index (κ1) is 24.4. The molecule has 0 bridgehead atoms. The molecule has 0 saturated heterocycles. The van der Waals surface area contributed by atoms with E-state index in [-0.39, 0.29) is 30.3 Å². The second-order valence-corrected chi connectivity index (χ2v) is 8.66. The predicted molar refractivity (Wildman–Crippen MR) is 131 cm³/mol. The van der Waals surface area contributed by atoms with Crippen molar-refractivity contribution in [2.75, 3.05) is 6.61 Å². The minimum atomic E-state index is -0.315. The van der Waals surface area contributed by atoms with Crippen molar-refractivity contribution in [1.29, 1.82) is 0 Å². The Hall–Kier alpha value is -3.24. The zero-order chi connectivity index (χ0) is 23.5. The van der Waals surface area contributed by atoms with Crippen molar-refractivity contribution < 1.29 is 14.3 Å². The van der Waals surface area contributed by atoms with E-state index < -0.39 is 0 Å². The summed E-state index contributed by atoms with van der Waals surface area (Å²) >= 11 is 0. The van der Waals surface area contributed by atoms with Gasteiger partial charge in [-0.1, -0.05) is 97.9 Å². The molecule has 0 saturated carbocycles. The highest BCUT2D eigenvalue weighted by Crippen LogP contribution is 2.20. The van der Waals surface area contributed by atoms with Gasteiger partial charge in [-0.2, -0.15) is 0 Å². The third-order valence-corrected chi connectivity index (χ3v) is 5.66. The summed E-state index contributed by atoms with van der Waals surface area (Å²) < 4.78 is 5.15. The van der Waals surface area contributed by atoms with E-state index in [1.54, 1.807) is 0 Å². The number of esters is 1. The van der Waals surface area contributed by atoms with Crippen LogP contribution in [-0.2, 0) is 33.8 Å². The average molecular weight is 444 g/mol. The van der Waals surface area contributed by atoms with E-state index in [2.05, 4.69) is 41.3 Å². The molecule has 0 aliphatic carbocycles. The molecule has 0 heterocycles. The zero-order valence-corrected chi connectivity index (χ0v) is 19.5. The fraction of sp³-hybridized carbons (Fsp3) is 0.310. The molecular formula is C29H33NO3. The summed E-state index contributed by atoms with van der Waals surface area (Å²) in [6.07, 6.45) is 1.00. The molecule has 33 heavy (non-hydrogen) atoms. The highest BCUT2D eigenvalue weighted by atomic mass is 16.5. The van der Waals surface area contributed by atoms with Gasteiger partial charge in [0.15, 0.2) is 5.78 Å². The van der Waals surface area contributed by atoms with E-state index in [0.717, 1.165) is 5.56 Å². The van der Waals surface area contributed by atoms with Crippen LogP contribution in [0, 0.1) is 5.92 Å². The number of carbonyl (C=O) groups is 2. The largest absolute Gasteiger partial charge is 0.466 e. The van der Waals surface area contributed by atoms with Crippen LogP contribution in [0.4, 0.5) is 0 Å². The Balaban J connectivity index is 1.87. The smallest absolute Gasteiger partial charge is 0.302 e. The number of hydrogen-bond donors (Lipinski definition) is 0. The first-order valence-corrected chi connectivity index (χ1v) is 11.5. The van der Waals surface area contributed by atoms with E-state index >= 15 is 0 Å². The lowest BCUT2D eigenvalue weighted by Gasteiger charge is -2.32. The zero-order valence-electron chi connectivity index (χ0n) is 19.5. The molecule has 0 N–H and O–H groups in total. The van der Waals surface area contributed by atoms with Crippen LogP contribution in [0.5, 0.6) is 0 Å². The molecule has 0 spiro atoms. The molecule has 0 unspecified atom stereocenters. The lowest BCUT2D eigenvalue weighted by atomic mass is 9.94. The van der Waals surface area contributed by atoms with E-state index in [4.69, 9.17) is 4.74 Å². The van der Waals surface area contributed by atoms with Crippen molar-refractivity contribution >= 4 is 11.8 Å². The second kappa shape index (κ2) is 12.7. The molecule has 0 aliphatic rings. The maximum Gasteiger partial charge on any atom is 0.302 e. The molecule has 3 aromatic rings. The number of hydrogen-bond acceptors (Lipinski definition) is 4. The summed E-state index contributed by atoms with van der Waals surface area (Å²) in [5.41, 5.74) is 3.48. The van der Waals surface area contributed by atoms with Crippen LogP contribution in [0.1, 0.15) is 37.0 Å². The molecule has 2 atom stereocenters. The number of benzene rings is 3. The third-order valence-electron chi connectivity index (χ3n) is 5.66. The lowest BCUT2D eigenvalue weighted by molar-refractivity contribution is -0.143. The van der Waals surface area contributed by atoms with E-state index in [9.17, 15) is 9.59 Å². The molecule has 0 fully saturated rings. The highest BCUT2D eigenvalue weighted by Gasteiger charge is 2.28. The van der Waals surface area contributed by atoms with Crippen molar-refractivity contribution in [2.45, 2.75) is 45.8 Å². The molecule has 3 rings (SSSR count). The van der Waals surface area contributed by atoms with Gasteiger partial charge >= 0.3 is 5.97 Å². The maximum atomic E-state index is 13.6. The molecule has 4 nitrogen and oxygen atoms in total. The molecule has 3 aromatic carbocycles. The summed E-state index contributed by atoms with van der Waals surface area (Å²) in [5, 5.41) is 0. The minimum absolute atomic E-state index is 0.0324. The van der Waals surface area contributed by atoms with Crippen molar-refractivity contribution in [3.05, 3.63) is 108 Å². The predicted octanol–water partition coefficient (Wildman–Crippen LogP) is 5.46. The van der Waals surface area contributed by atoms with Gasteiger partial charge in [-0.25, -0.2) is 0 Å². The standard InChI is InChI=1S/C29H33NO3/c1-23(22-33-24(2)31)18-29(32)28(19-25-12-6-3-7-13-25)30(20-26-14-8-4-9-15-26)21-27-16-10-5-11-17-27/h3-17,23,28H,18-22H2,1-2H3/t23-,28-/m1/s1. The van der Waals surface area contributed by atoms with Gasteiger partial charge in [0.2, 0.25) is 0 Å². The Kier molecular flexibility index (Phi) is 9.40. The van der Waals surface area contributed by atoms with Crippen LogP contribution in [0.2, 0.25) is 0 Å². The maximum absolute atomic E-state index is 13.6. The SMILES string of the molecule is CC(=O)OC[C@H](C)CC(=O)[C@@H](Cc1ccccc1)N(Cc1ccccc1)Cc1ccccc1. The van der Waals surface area contributed by atoms with Gasteiger partial charge in [0, 0.05) is 26.4 Å². The molecule has 0 amide bonds. The molecule has 172 valence electrons. The average Bonchev–Trinajstić information content (AvgIpc) is 2.83. The van der Waals surface area contributed by atoms with Crippen molar-refractivity contribution in [2.24, 2.45) is 5.92 Å². The Bertz CT molecular complexity index is 948. The van der Waals surface area contributed by atoms with Crippen LogP contribution in [-0.4, -0.2) is 29.3 Å². The molecular weight excluding hydrogens is 410 g/mol. The first-order chi connectivity index (χ1) is 16.0. The van der Waals surface area contributed by atoms with E-state index in [0.29, 0.717) is 25.9 Å². The summed E-state index contributed by atoms with van der Waals surface area (Å²) in [5.74, 6) is -0.176. The summed E-state index contributed by atoms with van der Waals surface area (Å²) in [4.78, 5) is 27.1. The fourth-order valence-electron chi connectivity index (χ4n) is 3.99. The number of nitrogens with zero attached hydrogens (tertiary/aromatic N) is 1. The monoisotopic (exact) mass is 443 g/mol. The van der Waals surface area contributed by atoms with Crippen molar-refractivity contribution in [3.8, 4) is 0 Å². The van der Waals surface area contributed by atoms with E-state index in [1.165, 1.54) is 18.1 Å². The van der Waals surface area contributed by atoms with Crippen molar-refractivity contribution in [1.82, 2.24) is 4.90 Å².